The van der Waals surface area contributed by atoms with Gasteiger partial charge in [-0.15, -0.1) is 0 Å². The summed E-state index contributed by atoms with van der Waals surface area (Å²) in [5, 5.41) is 2.75. The molecular formula is C29H43N3O5S. The Morgan fingerprint density at radius 1 is 1.00 bits per heavy atom. The van der Waals surface area contributed by atoms with Crippen LogP contribution in [-0.4, -0.2) is 83.4 Å². The Morgan fingerprint density at radius 3 is 2.34 bits per heavy atom. The number of benzene rings is 2. The third-order valence-corrected chi connectivity index (χ3v) is 9.47. The van der Waals surface area contributed by atoms with E-state index in [2.05, 4.69) is 29.1 Å². The maximum atomic E-state index is 13.7. The van der Waals surface area contributed by atoms with Crippen LogP contribution in [0.25, 0.3) is 0 Å². The van der Waals surface area contributed by atoms with Crippen molar-refractivity contribution in [2.45, 2.75) is 55.7 Å². The zero-order valence-corrected chi connectivity index (χ0v) is 24.1. The van der Waals surface area contributed by atoms with Gasteiger partial charge in [-0.05, 0) is 49.4 Å². The Kier molecular flexibility index (Phi) is 11.4. The van der Waals surface area contributed by atoms with Gasteiger partial charge in [0.25, 0.3) is 0 Å². The molecule has 0 aromatic heterocycles. The van der Waals surface area contributed by atoms with Gasteiger partial charge in [-0.2, -0.15) is 0 Å². The number of esters is 1. The largest absolute Gasteiger partial charge is 0.497 e. The minimum Gasteiger partial charge on any atom is -0.497 e. The molecule has 38 heavy (non-hydrogen) atoms. The summed E-state index contributed by atoms with van der Waals surface area (Å²) >= 11 is 0. The summed E-state index contributed by atoms with van der Waals surface area (Å²) in [4.78, 5) is 17.6. The van der Waals surface area contributed by atoms with Crippen molar-refractivity contribution in [2.24, 2.45) is 0 Å². The average molecular weight is 546 g/mol. The Balaban J connectivity index is 1.88. The smallest absolute Gasteiger partial charge is 0.339 e. The first kappa shape index (κ1) is 29.9. The van der Waals surface area contributed by atoms with Crippen molar-refractivity contribution in [3.05, 3.63) is 53.6 Å². The van der Waals surface area contributed by atoms with E-state index in [1.807, 2.05) is 12.1 Å². The van der Waals surface area contributed by atoms with Crippen LogP contribution in [0.1, 0.15) is 54.9 Å². The number of piperazine rings is 1. The van der Waals surface area contributed by atoms with Crippen LogP contribution < -0.4 is 10.1 Å². The number of unbranched alkanes of at least 4 members (excludes halogenated alkanes) is 3. The predicted octanol–water partition coefficient (Wildman–Crippen LogP) is 4.45. The lowest BCUT2D eigenvalue weighted by Gasteiger charge is -2.33. The van der Waals surface area contributed by atoms with E-state index in [1.165, 1.54) is 7.11 Å². The second-order valence-electron chi connectivity index (χ2n) is 9.98. The average Bonchev–Trinajstić information content (AvgIpc) is 2.93. The number of carbonyl (C=O) groups is 1. The van der Waals surface area contributed by atoms with Gasteiger partial charge in [0, 0.05) is 39.3 Å². The lowest BCUT2D eigenvalue weighted by Crippen LogP contribution is -2.44. The maximum absolute atomic E-state index is 13.7. The third-order valence-electron chi connectivity index (χ3n) is 7.26. The summed E-state index contributed by atoms with van der Waals surface area (Å²) in [6, 6.07) is 12.2. The van der Waals surface area contributed by atoms with Gasteiger partial charge in [0.1, 0.15) is 5.75 Å². The summed E-state index contributed by atoms with van der Waals surface area (Å²) in [5.74, 6) is 0.173. The molecule has 3 rings (SSSR count). The van der Waals surface area contributed by atoms with E-state index in [0.717, 1.165) is 57.4 Å². The van der Waals surface area contributed by atoms with E-state index in [4.69, 9.17) is 9.47 Å². The molecule has 1 atom stereocenters. The van der Waals surface area contributed by atoms with Gasteiger partial charge in [0.05, 0.1) is 35.6 Å². The van der Waals surface area contributed by atoms with E-state index < -0.39 is 21.1 Å². The molecule has 1 heterocycles. The fourth-order valence-corrected chi connectivity index (χ4v) is 6.49. The fraction of sp³-hybridized carbons (Fsp3) is 0.552. The molecule has 8 nitrogen and oxygen atoms in total. The number of ether oxygens (including phenoxy) is 2. The highest BCUT2D eigenvalue weighted by Crippen LogP contribution is 2.27. The fourth-order valence-electron chi connectivity index (χ4n) is 4.81. The summed E-state index contributed by atoms with van der Waals surface area (Å²) in [6.07, 6.45) is 4.50. The number of carbonyl (C=O) groups excluding carboxylic acids is 1. The number of likely N-dealkylation sites (N-methyl/N-ethyl adjacent to an activating group) is 1. The Labute approximate surface area is 228 Å². The van der Waals surface area contributed by atoms with Crippen molar-refractivity contribution >= 4 is 21.5 Å². The molecule has 1 aliphatic rings. The van der Waals surface area contributed by atoms with Gasteiger partial charge >= 0.3 is 5.97 Å². The molecule has 0 saturated carbocycles. The first-order valence-electron chi connectivity index (χ1n) is 13.5. The Morgan fingerprint density at radius 2 is 1.71 bits per heavy atom. The van der Waals surface area contributed by atoms with Crippen LogP contribution in [0.15, 0.2) is 47.4 Å². The van der Waals surface area contributed by atoms with Gasteiger partial charge < -0.3 is 19.7 Å². The molecule has 1 N–H and O–H groups in total. The van der Waals surface area contributed by atoms with Crippen LogP contribution in [-0.2, 0) is 21.1 Å². The van der Waals surface area contributed by atoms with E-state index in [1.54, 1.807) is 37.4 Å². The summed E-state index contributed by atoms with van der Waals surface area (Å²) in [5.41, 5.74) is 2.04. The highest BCUT2D eigenvalue weighted by atomic mass is 32.2. The lowest BCUT2D eigenvalue weighted by molar-refractivity contribution is 0.0601. The zero-order chi connectivity index (χ0) is 27.5. The highest BCUT2D eigenvalue weighted by Gasteiger charge is 2.28. The van der Waals surface area contributed by atoms with E-state index in [-0.39, 0.29) is 11.4 Å². The Bertz CT molecular complexity index is 1130. The standard InChI is InChI=1S/C29H43N3O5S/c1-5-6-7-8-11-26(38(34,35)25-15-13-24(36-3)14-16-25)21-30-28-23(10-9-12-27(28)29(33)37-4)22-32-19-17-31(2)18-20-32/h9-10,12-16,26,30H,5-8,11,17-22H2,1-4H3. The molecule has 0 amide bonds. The van der Waals surface area contributed by atoms with E-state index in [9.17, 15) is 13.2 Å². The monoisotopic (exact) mass is 545 g/mol. The van der Waals surface area contributed by atoms with Crippen molar-refractivity contribution in [1.29, 1.82) is 0 Å². The van der Waals surface area contributed by atoms with Crippen LogP contribution in [0.2, 0.25) is 0 Å². The zero-order valence-electron chi connectivity index (χ0n) is 23.2. The Hall–Kier alpha value is -2.62. The van der Waals surface area contributed by atoms with Gasteiger partial charge in [-0.3, -0.25) is 4.90 Å². The number of nitrogens with one attached hydrogen (secondary N) is 1. The number of para-hydroxylation sites is 1. The lowest BCUT2D eigenvalue weighted by atomic mass is 10.0. The number of methoxy groups -OCH3 is 2. The molecular weight excluding hydrogens is 502 g/mol. The number of sulfone groups is 1. The molecule has 0 bridgehead atoms. The highest BCUT2D eigenvalue weighted by molar-refractivity contribution is 7.92. The second kappa shape index (κ2) is 14.5. The second-order valence-corrected chi connectivity index (χ2v) is 12.2. The van der Waals surface area contributed by atoms with Crippen LogP contribution >= 0.6 is 0 Å². The molecule has 2 aromatic carbocycles. The number of rotatable bonds is 14. The first-order valence-corrected chi connectivity index (χ1v) is 15.1. The van der Waals surface area contributed by atoms with Crippen molar-refractivity contribution in [3.8, 4) is 5.75 Å². The molecule has 1 saturated heterocycles. The summed E-state index contributed by atoms with van der Waals surface area (Å²) < 4.78 is 37.8. The number of nitrogens with zero attached hydrogens (tertiary/aromatic N) is 2. The van der Waals surface area contributed by atoms with Gasteiger partial charge in [-0.25, -0.2) is 13.2 Å². The van der Waals surface area contributed by atoms with Crippen molar-refractivity contribution in [3.63, 3.8) is 0 Å². The quantitative estimate of drug-likeness (QED) is 0.275. The van der Waals surface area contributed by atoms with Gasteiger partial charge in [0.15, 0.2) is 9.84 Å². The number of hydrogen-bond donors (Lipinski definition) is 1. The summed E-state index contributed by atoms with van der Waals surface area (Å²) in [6.45, 7) is 6.85. The van der Waals surface area contributed by atoms with Crippen molar-refractivity contribution in [2.75, 3.05) is 59.3 Å². The normalized spacial score (nSPS) is 15.7. The topological polar surface area (TPSA) is 88.2 Å². The predicted molar refractivity (Wildman–Crippen MR) is 152 cm³/mol. The molecule has 2 aromatic rings. The van der Waals surface area contributed by atoms with Crippen LogP contribution in [0.5, 0.6) is 5.75 Å². The minimum atomic E-state index is -3.62. The molecule has 0 spiro atoms. The SMILES string of the molecule is CCCCCCC(CNc1c(CN2CCN(C)CC2)cccc1C(=O)OC)S(=O)(=O)c1ccc(OC)cc1. The molecule has 1 fully saturated rings. The van der Waals surface area contributed by atoms with Crippen molar-refractivity contribution < 1.29 is 22.7 Å². The van der Waals surface area contributed by atoms with Gasteiger partial charge in [0.2, 0.25) is 0 Å². The molecule has 0 radical (unpaired) electrons. The van der Waals surface area contributed by atoms with Crippen LogP contribution in [0.3, 0.4) is 0 Å². The van der Waals surface area contributed by atoms with Crippen LogP contribution in [0.4, 0.5) is 5.69 Å². The maximum Gasteiger partial charge on any atom is 0.339 e. The van der Waals surface area contributed by atoms with E-state index in [0.29, 0.717) is 30.0 Å². The summed E-state index contributed by atoms with van der Waals surface area (Å²) in [7, 11) is 1.42. The van der Waals surface area contributed by atoms with Crippen molar-refractivity contribution in [1.82, 2.24) is 9.80 Å². The molecule has 1 aliphatic heterocycles. The third kappa shape index (κ3) is 7.94. The molecule has 9 heteroatoms. The minimum absolute atomic E-state index is 0.199. The molecule has 1 unspecified atom stereocenters. The number of hydrogen-bond acceptors (Lipinski definition) is 8. The van der Waals surface area contributed by atoms with E-state index >= 15 is 0 Å². The molecule has 210 valence electrons. The van der Waals surface area contributed by atoms with Gasteiger partial charge in [-0.1, -0.05) is 44.7 Å². The van der Waals surface area contributed by atoms with Crippen LogP contribution in [0, 0.1) is 0 Å². The first-order chi connectivity index (χ1) is 18.3. The molecule has 0 aliphatic carbocycles. The number of anilines is 1.